The summed E-state index contributed by atoms with van der Waals surface area (Å²) in [5.41, 5.74) is 0.132. The maximum absolute atomic E-state index is 13.3. The molecule has 1 heterocycles. The van der Waals surface area contributed by atoms with Crippen LogP contribution in [-0.2, 0) is 21.2 Å². The summed E-state index contributed by atoms with van der Waals surface area (Å²) >= 11 is -1.84. The number of nitrogens with zero attached hydrogens (tertiary/aromatic N) is 1. The molecule has 1 fully saturated rings. The summed E-state index contributed by atoms with van der Waals surface area (Å²) in [5.74, 6) is -0.917. The molecule has 2 unspecified atom stereocenters. The van der Waals surface area contributed by atoms with E-state index in [1.807, 2.05) is 4.90 Å². The van der Waals surface area contributed by atoms with E-state index in [0.717, 1.165) is 12.5 Å². The molecule has 0 aromatic heterocycles. The average molecular weight is 409 g/mol. The number of benzene rings is 2. The molecule has 144 valence electrons. The first-order valence-electron chi connectivity index (χ1n) is 8.34. The van der Waals surface area contributed by atoms with Gasteiger partial charge in [-0.25, -0.2) is 18.4 Å². The van der Waals surface area contributed by atoms with Crippen molar-refractivity contribution in [2.45, 2.75) is 28.0 Å². The summed E-state index contributed by atoms with van der Waals surface area (Å²) in [4.78, 5) is 13.4. The maximum Gasteiger partial charge on any atom is 0.335 e. The van der Waals surface area contributed by atoms with Crippen molar-refractivity contribution in [3.63, 3.8) is 0 Å². The van der Waals surface area contributed by atoms with Crippen LogP contribution >= 0.6 is 0 Å². The summed E-state index contributed by atoms with van der Waals surface area (Å²) < 4.78 is 37.7. The van der Waals surface area contributed by atoms with Crippen molar-refractivity contribution >= 4 is 32.9 Å². The molecule has 0 aliphatic carbocycles. The fourth-order valence-electron chi connectivity index (χ4n) is 3.16. The average Bonchev–Trinajstić information content (AvgIpc) is 3.06. The van der Waals surface area contributed by atoms with Crippen LogP contribution in [-0.4, -0.2) is 37.1 Å². The van der Waals surface area contributed by atoms with Gasteiger partial charge in [0.05, 0.1) is 11.3 Å². The molecule has 3 rings (SSSR count). The lowest BCUT2D eigenvalue weighted by Gasteiger charge is -2.24. The predicted octanol–water partition coefficient (Wildman–Crippen LogP) is 2.05. The Labute approximate surface area is 161 Å². The molecule has 0 radical (unpaired) electrons. The van der Waals surface area contributed by atoms with Gasteiger partial charge in [-0.1, -0.05) is 25.1 Å². The Hall–Kier alpha value is -2.07. The highest BCUT2D eigenvalue weighted by Crippen LogP contribution is 2.38. The van der Waals surface area contributed by atoms with Gasteiger partial charge in [0.25, 0.3) is 0 Å². The summed E-state index contributed by atoms with van der Waals surface area (Å²) in [6.45, 7) is 3.29. The van der Waals surface area contributed by atoms with Crippen LogP contribution in [0.2, 0.25) is 0 Å². The van der Waals surface area contributed by atoms with Crippen LogP contribution in [0.3, 0.4) is 0 Å². The zero-order valence-corrected chi connectivity index (χ0v) is 16.3. The number of rotatable bonds is 5. The van der Waals surface area contributed by atoms with Gasteiger partial charge in [-0.05, 0) is 36.6 Å². The number of carboxylic acids is 1. The largest absolute Gasteiger partial charge is 0.606 e. The molecule has 2 aromatic rings. The predicted molar refractivity (Wildman–Crippen MR) is 102 cm³/mol. The third-order valence-corrected chi connectivity index (χ3v) is 7.06. The number of hydrogen-bond donors (Lipinski definition) is 2. The Morgan fingerprint density at radius 3 is 2.48 bits per heavy atom. The minimum atomic E-state index is -4.29. The van der Waals surface area contributed by atoms with Crippen molar-refractivity contribution in [1.82, 2.24) is 0 Å². The van der Waals surface area contributed by atoms with Crippen molar-refractivity contribution in [2.75, 3.05) is 18.0 Å². The first-order valence-corrected chi connectivity index (χ1v) is 11.0. The monoisotopic (exact) mass is 408 g/mol. The van der Waals surface area contributed by atoms with Crippen LogP contribution < -0.4 is 10.0 Å². The number of aromatic carboxylic acids is 1. The Kier molecular flexibility index (Phi) is 5.48. The fourth-order valence-corrected chi connectivity index (χ4v) is 5.65. The minimum Gasteiger partial charge on any atom is -0.606 e. The molecule has 0 spiro atoms. The minimum absolute atomic E-state index is 0.0304. The zero-order chi connectivity index (χ0) is 19.8. The summed E-state index contributed by atoms with van der Waals surface area (Å²) in [6.07, 6.45) is 0.874. The number of carboxylic acid groups (broad SMARTS) is 1. The van der Waals surface area contributed by atoms with E-state index in [4.69, 9.17) is 5.14 Å². The van der Waals surface area contributed by atoms with Gasteiger partial charge in [0.15, 0.2) is 4.90 Å². The Balaban J connectivity index is 2.28. The van der Waals surface area contributed by atoms with Crippen LogP contribution in [0.1, 0.15) is 23.7 Å². The number of anilines is 1. The van der Waals surface area contributed by atoms with Crippen molar-refractivity contribution in [3.8, 4) is 0 Å². The van der Waals surface area contributed by atoms with Gasteiger partial charge < -0.3 is 14.6 Å². The highest BCUT2D eigenvalue weighted by molar-refractivity contribution is 7.93. The van der Waals surface area contributed by atoms with E-state index in [2.05, 4.69) is 6.92 Å². The fraction of sp³-hybridized carbons (Fsp3) is 0.278. The maximum atomic E-state index is 13.3. The molecule has 9 heteroatoms. The molecule has 0 saturated carbocycles. The lowest BCUT2D eigenvalue weighted by Crippen LogP contribution is -2.25. The van der Waals surface area contributed by atoms with Gasteiger partial charge >= 0.3 is 5.97 Å². The van der Waals surface area contributed by atoms with E-state index < -0.39 is 32.1 Å². The Bertz CT molecular complexity index is 963. The van der Waals surface area contributed by atoms with Crippen LogP contribution in [0.5, 0.6) is 0 Å². The van der Waals surface area contributed by atoms with Crippen LogP contribution in [0.15, 0.2) is 57.2 Å². The Morgan fingerprint density at radius 2 is 1.96 bits per heavy atom. The SMILES string of the molecule is CC1CCN(c2cc(C(=O)O)cc(S(N)(=O)=O)c2[S+]([O-])c2ccccc2)C1. The molecule has 2 atom stereocenters. The normalized spacial score (nSPS) is 18.5. The molecule has 2 aromatic carbocycles. The topological polar surface area (TPSA) is 124 Å². The third kappa shape index (κ3) is 4.11. The van der Waals surface area contributed by atoms with Gasteiger partial charge in [0.1, 0.15) is 4.90 Å². The van der Waals surface area contributed by atoms with Crippen LogP contribution in [0.25, 0.3) is 0 Å². The second kappa shape index (κ2) is 7.51. The van der Waals surface area contributed by atoms with Gasteiger partial charge in [-0.2, -0.15) is 0 Å². The van der Waals surface area contributed by atoms with Gasteiger partial charge in [0, 0.05) is 24.3 Å². The standard InChI is InChI=1S/C18H20N2O5S2/c1-12-7-8-20(11-12)15-9-13(18(21)22)10-16(27(19,24)25)17(15)26(23)14-5-3-2-4-6-14/h2-6,9-10,12H,7-8,11H2,1H3,(H,21,22)(H2,19,24,25). The molecule has 0 bridgehead atoms. The zero-order valence-electron chi connectivity index (χ0n) is 14.7. The number of sulfonamides is 1. The van der Waals surface area contributed by atoms with E-state index >= 15 is 0 Å². The third-order valence-electron chi connectivity index (χ3n) is 4.50. The number of nitrogens with two attached hydrogens (primary N) is 1. The van der Waals surface area contributed by atoms with E-state index in [-0.39, 0.29) is 10.5 Å². The lowest BCUT2D eigenvalue weighted by molar-refractivity contribution is 0.0696. The molecule has 1 aliphatic heterocycles. The Morgan fingerprint density at radius 1 is 1.30 bits per heavy atom. The van der Waals surface area contributed by atoms with Crippen molar-refractivity contribution < 1.29 is 22.9 Å². The molecule has 27 heavy (non-hydrogen) atoms. The molecule has 3 N–H and O–H groups in total. The van der Waals surface area contributed by atoms with Crippen molar-refractivity contribution in [2.24, 2.45) is 11.1 Å². The second-order valence-electron chi connectivity index (χ2n) is 6.59. The number of hydrogen-bond acceptors (Lipinski definition) is 5. The highest BCUT2D eigenvalue weighted by atomic mass is 32.2. The quantitative estimate of drug-likeness (QED) is 0.730. The van der Waals surface area contributed by atoms with Crippen molar-refractivity contribution in [1.29, 1.82) is 0 Å². The molecular formula is C18H20N2O5S2. The van der Waals surface area contributed by atoms with Gasteiger partial charge in [-0.3, -0.25) is 0 Å². The first-order chi connectivity index (χ1) is 12.7. The number of carbonyl (C=O) groups is 1. The van der Waals surface area contributed by atoms with E-state index in [0.29, 0.717) is 29.6 Å². The molecular weight excluding hydrogens is 388 g/mol. The summed E-state index contributed by atoms with van der Waals surface area (Å²) in [5, 5.41) is 14.8. The van der Waals surface area contributed by atoms with Crippen molar-refractivity contribution in [3.05, 3.63) is 48.0 Å². The summed E-state index contributed by atoms with van der Waals surface area (Å²) in [6, 6.07) is 10.8. The van der Waals surface area contributed by atoms with Crippen LogP contribution in [0.4, 0.5) is 5.69 Å². The molecule has 1 saturated heterocycles. The summed E-state index contributed by atoms with van der Waals surface area (Å²) in [7, 11) is -4.29. The van der Waals surface area contributed by atoms with Crippen LogP contribution in [0, 0.1) is 5.92 Å². The smallest absolute Gasteiger partial charge is 0.335 e. The second-order valence-corrected chi connectivity index (χ2v) is 9.54. The van der Waals surface area contributed by atoms with E-state index in [1.165, 1.54) is 6.07 Å². The molecule has 0 amide bonds. The van der Waals surface area contributed by atoms with Gasteiger partial charge in [-0.15, -0.1) is 0 Å². The first kappa shape index (κ1) is 19.7. The highest BCUT2D eigenvalue weighted by Gasteiger charge is 2.34. The van der Waals surface area contributed by atoms with E-state index in [9.17, 15) is 22.9 Å². The van der Waals surface area contributed by atoms with E-state index in [1.54, 1.807) is 30.3 Å². The number of primary sulfonamides is 1. The lowest BCUT2D eigenvalue weighted by atomic mass is 10.1. The van der Waals surface area contributed by atoms with Gasteiger partial charge in [0.2, 0.25) is 14.9 Å². The molecule has 1 aliphatic rings. The molecule has 7 nitrogen and oxygen atoms in total.